The highest BCUT2D eigenvalue weighted by Crippen LogP contribution is 2.31. The maximum Gasteiger partial charge on any atom is 0.416 e. The van der Waals surface area contributed by atoms with Crippen LogP contribution < -0.4 is 5.73 Å². The number of benzene rings is 1. The predicted octanol–water partition coefficient (Wildman–Crippen LogP) is 2.36. The van der Waals surface area contributed by atoms with Gasteiger partial charge in [0.2, 0.25) is 0 Å². The van der Waals surface area contributed by atoms with Gasteiger partial charge < -0.3 is 5.73 Å². The van der Waals surface area contributed by atoms with Crippen molar-refractivity contribution in [1.29, 1.82) is 0 Å². The lowest BCUT2D eigenvalue weighted by molar-refractivity contribution is -0.137. The summed E-state index contributed by atoms with van der Waals surface area (Å²) in [6.07, 6.45) is -4.38. The summed E-state index contributed by atoms with van der Waals surface area (Å²) in [4.78, 5) is 4.12. The van der Waals surface area contributed by atoms with Gasteiger partial charge in [-0.3, -0.25) is 0 Å². The van der Waals surface area contributed by atoms with E-state index in [1.807, 2.05) is 0 Å². The fraction of sp³-hybridized carbons (Fsp3) is 0.333. The van der Waals surface area contributed by atoms with E-state index in [1.54, 1.807) is 13.8 Å². The summed E-state index contributed by atoms with van der Waals surface area (Å²) in [6, 6.07) is 3.43. The van der Waals surface area contributed by atoms with Crippen LogP contribution in [-0.2, 0) is 12.7 Å². The Morgan fingerprint density at radius 2 is 1.95 bits per heavy atom. The van der Waals surface area contributed by atoms with Crippen molar-refractivity contribution in [3.05, 3.63) is 41.0 Å². The number of hydrogen-bond acceptors (Lipinski definition) is 3. The lowest BCUT2D eigenvalue weighted by Crippen LogP contribution is -2.11. The van der Waals surface area contributed by atoms with Gasteiger partial charge in [-0.1, -0.05) is 0 Å². The van der Waals surface area contributed by atoms with Gasteiger partial charge in [0.15, 0.2) is 0 Å². The minimum absolute atomic E-state index is 0.00238. The SMILES string of the molecule is Cc1nc(C)n(-c2ccc(C(F)(F)F)cc2CN)n1. The Morgan fingerprint density at radius 3 is 2.42 bits per heavy atom. The Kier molecular flexibility index (Phi) is 3.32. The standard InChI is InChI=1S/C12H13F3N4/c1-7-17-8(2)19(18-7)11-4-3-10(12(13,14)15)5-9(11)6-16/h3-5H,6,16H2,1-2H3. The third-order valence-corrected chi connectivity index (χ3v) is 2.73. The first-order valence-electron chi connectivity index (χ1n) is 5.63. The van der Waals surface area contributed by atoms with Crippen LogP contribution >= 0.6 is 0 Å². The summed E-state index contributed by atoms with van der Waals surface area (Å²) in [6.45, 7) is 3.45. The van der Waals surface area contributed by atoms with E-state index in [0.29, 0.717) is 22.9 Å². The molecule has 0 saturated carbocycles. The van der Waals surface area contributed by atoms with Crippen molar-refractivity contribution in [2.24, 2.45) is 5.73 Å². The molecule has 2 rings (SSSR count). The number of aryl methyl sites for hydroxylation is 2. The molecule has 0 aliphatic rings. The molecule has 1 aromatic carbocycles. The molecule has 0 aliphatic carbocycles. The van der Waals surface area contributed by atoms with E-state index < -0.39 is 11.7 Å². The summed E-state index contributed by atoms with van der Waals surface area (Å²) in [5.74, 6) is 1.16. The Bertz CT molecular complexity index is 602. The van der Waals surface area contributed by atoms with Crippen LogP contribution in [0.15, 0.2) is 18.2 Å². The first-order chi connectivity index (χ1) is 8.82. The zero-order valence-corrected chi connectivity index (χ0v) is 10.5. The molecule has 0 atom stereocenters. The molecule has 7 heteroatoms. The second-order valence-electron chi connectivity index (χ2n) is 4.16. The van der Waals surface area contributed by atoms with E-state index in [0.717, 1.165) is 12.1 Å². The Morgan fingerprint density at radius 1 is 1.26 bits per heavy atom. The van der Waals surface area contributed by atoms with Gasteiger partial charge >= 0.3 is 6.18 Å². The highest BCUT2D eigenvalue weighted by molar-refractivity contribution is 5.44. The molecule has 2 aromatic rings. The Labute approximate surface area is 108 Å². The number of hydrogen-bond donors (Lipinski definition) is 1. The molecule has 4 nitrogen and oxygen atoms in total. The maximum atomic E-state index is 12.6. The topological polar surface area (TPSA) is 56.7 Å². The highest BCUT2D eigenvalue weighted by Gasteiger charge is 2.31. The molecule has 1 heterocycles. The maximum absolute atomic E-state index is 12.6. The fourth-order valence-corrected chi connectivity index (χ4v) is 1.88. The van der Waals surface area contributed by atoms with Crippen molar-refractivity contribution in [2.75, 3.05) is 0 Å². The first kappa shape index (κ1) is 13.5. The largest absolute Gasteiger partial charge is 0.416 e. The fourth-order valence-electron chi connectivity index (χ4n) is 1.88. The van der Waals surface area contributed by atoms with Gasteiger partial charge in [-0.25, -0.2) is 9.67 Å². The van der Waals surface area contributed by atoms with E-state index in [9.17, 15) is 13.2 Å². The molecule has 0 spiro atoms. The summed E-state index contributed by atoms with van der Waals surface area (Å²) in [5, 5.41) is 4.15. The lowest BCUT2D eigenvalue weighted by Gasteiger charge is -2.13. The van der Waals surface area contributed by atoms with Crippen LogP contribution in [0.25, 0.3) is 5.69 Å². The van der Waals surface area contributed by atoms with E-state index >= 15 is 0 Å². The average Bonchev–Trinajstić information content (AvgIpc) is 2.66. The van der Waals surface area contributed by atoms with E-state index in [4.69, 9.17) is 5.73 Å². The highest BCUT2D eigenvalue weighted by atomic mass is 19.4. The van der Waals surface area contributed by atoms with E-state index in [2.05, 4.69) is 10.1 Å². The van der Waals surface area contributed by atoms with Crippen molar-refractivity contribution in [2.45, 2.75) is 26.6 Å². The number of nitrogens with two attached hydrogens (primary N) is 1. The number of halogens is 3. The monoisotopic (exact) mass is 270 g/mol. The van der Waals surface area contributed by atoms with Gasteiger partial charge in [0, 0.05) is 6.54 Å². The van der Waals surface area contributed by atoms with Gasteiger partial charge in [0.1, 0.15) is 11.6 Å². The molecule has 0 unspecified atom stereocenters. The van der Waals surface area contributed by atoms with Crippen LogP contribution in [-0.4, -0.2) is 14.8 Å². The Hall–Kier alpha value is -1.89. The second-order valence-corrected chi connectivity index (χ2v) is 4.16. The van der Waals surface area contributed by atoms with Gasteiger partial charge in [0.25, 0.3) is 0 Å². The second kappa shape index (κ2) is 4.65. The van der Waals surface area contributed by atoms with Crippen LogP contribution in [0, 0.1) is 13.8 Å². The minimum Gasteiger partial charge on any atom is -0.326 e. The molecule has 0 bridgehead atoms. The van der Waals surface area contributed by atoms with Gasteiger partial charge in [-0.2, -0.15) is 18.3 Å². The van der Waals surface area contributed by atoms with Crippen molar-refractivity contribution in [3.63, 3.8) is 0 Å². The summed E-state index contributed by atoms with van der Waals surface area (Å²) in [7, 11) is 0. The molecule has 19 heavy (non-hydrogen) atoms. The molecule has 0 saturated heterocycles. The predicted molar refractivity (Wildman–Crippen MR) is 63.7 cm³/mol. The zero-order chi connectivity index (χ0) is 14.2. The lowest BCUT2D eigenvalue weighted by atomic mass is 10.1. The van der Waals surface area contributed by atoms with Crippen molar-refractivity contribution < 1.29 is 13.2 Å². The number of aromatic nitrogens is 3. The van der Waals surface area contributed by atoms with Crippen LogP contribution in [0.1, 0.15) is 22.8 Å². The third kappa shape index (κ3) is 2.60. The van der Waals surface area contributed by atoms with Gasteiger partial charge in [0.05, 0.1) is 11.3 Å². The quantitative estimate of drug-likeness (QED) is 0.911. The molecule has 0 aliphatic heterocycles. The summed E-state index contributed by atoms with van der Waals surface area (Å²) < 4.78 is 39.4. The van der Waals surface area contributed by atoms with Crippen molar-refractivity contribution in [1.82, 2.24) is 14.8 Å². The molecular formula is C12H13F3N4. The molecule has 0 radical (unpaired) electrons. The summed E-state index contributed by atoms with van der Waals surface area (Å²) in [5.41, 5.74) is 5.71. The van der Waals surface area contributed by atoms with E-state index in [1.165, 1.54) is 10.7 Å². The Balaban J connectivity index is 2.56. The van der Waals surface area contributed by atoms with Gasteiger partial charge in [-0.15, -0.1) is 0 Å². The smallest absolute Gasteiger partial charge is 0.326 e. The number of nitrogens with zero attached hydrogens (tertiary/aromatic N) is 3. The van der Waals surface area contributed by atoms with Crippen LogP contribution in [0.3, 0.4) is 0 Å². The van der Waals surface area contributed by atoms with Crippen LogP contribution in [0.4, 0.5) is 13.2 Å². The summed E-state index contributed by atoms with van der Waals surface area (Å²) >= 11 is 0. The molecule has 0 amide bonds. The van der Waals surface area contributed by atoms with Crippen molar-refractivity contribution in [3.8, 4) is 5.69 Å². The normalized spacial score (nSPS) is 11.9. The van der Waals surface area contributed by atoms with Crippen molar-refractivity contribution >= 4 is 0 Å². The average molecular weight is 270 g/mol. The molecule has 1 aromatic heterocycles. The zero-order valence-electron chi connectivity index (χ0n) is 10.5. The number of rotatable bonds is 2. The van der Waals surface area contributed by atoms with E-state index in [-0.39, 0.29) is 6.54 Å². The van der Waals surface area contributed by atoms with Gasteiger partial charge in [-0.05, 0) is 37.6 Å². The molecule has 0 fully saturated rings. The minimum atomic E-state index is -4.38. The molecule has 2 N–H and O–H groups in total. The van der Waals surface area contributed by atoms with Crippen LogP contribution in [0.5, 0.6) is 0 Å². The third-order valence-electron chi connectivity index (χ3n) is 2.73. The van der Waals surface area contributed by atoms with Crippen LogP contribution in [0.2, 0.25) is 0 Å². The molecule has 102 valence electrons. The molecular weight excluding hydrogens is 257 g/mol. The number of alkyl halides is 3. The first-order valence-corrected chi connectivity index (χ1v) is 5.63.